The maximum Gasteiger partial charge on any atom is 0.194 e. The molecule has 7 nitrogen and oxygen atoms in total. The molecule has 2 aromatic carbocycles. The number of Topliss-reactive ketones (excluding diaryl/α,β-unsaturated/α-hetero) is 1. The largest absolute Gasteiger partial charge is 0.363 e. The third-order valence-corrected chi connectivity index (χ3v) is 5.76. The quantitative estimate of drug-likeness (QED) is 0.564. The van der Waals surface area contributed by atoms with Crippen molar-refractivity contribution in [1.29, 1.82) is 5.26 Å². The van der Waals surface area contributed by atoms with Crippen LogP contribution in [0.2, 0.25) is 0 Å². The van der Waals surface area contributed by atoms with Crippen LogP contribution < -0.4 is 0 Å². The number of benzene rings is 2. The molecular weight excluding hydrogens is 441 g/mol. The highest BCUT2D eigenvalue weighted by atomic mass is 19.1. The Morgan fingerprint density at radius 3 is 2.32 bits per heavy atom. The third-order valence-electron chi connectivity index (χ3n) is 5.76. The van der Waals surface area contributed by atoms with Crippen LogP contribution in [0, 0.1) is 17.1 Å². The number of ketones is 1. The van der Waals surface area contributed by atoms with Crippen LogP contribution in [0.1, 0.15) is 49.2 Å². The molecule has 4 atom stereocenters. The van der Waals surface area contributed by atoms with E-state index in [2.05, 4.69) is 6.07 Å². The fourth-order valence-corrected chi connectivity index (χ4v) is 4.18. The molecule has 0 spiro atoms. The maximum atomic E-state index is 13.6. The molecule has 2 saturated heterocycles. The topological polar surface area (TPSA) is 87.0 Å². The molecule has 2 aliphatic rings. The second-order valence-electron chi connectivity index (χ2n) is 9.34. The van der Waals surface area contributed by atoms with Gasteiger partial charge in [0.2, 0.25) is 0 Å². The van der Waals surface area contributed by atoms with Gasteiger partial charge in [0.25, 0.3) is 0 Å². The van der Waals surface area contributed by atoms with Crippen LogP contribution in [-0.2, 0) is 30.3 Å². The first-order valence-electron chi connectivity index (χ1n) is 11.1. The number of hydrogen-bond acceptors (Lipinski definition) is 7. The van der Waals surface area contributed by atoms with E-state index < -0.39 is 41.8 Å². The lowest BCUT2D eigenvalue weighted by Crippen LogP contribution is -2.48. The Labute approximate surface area is 198 Å². The molecule has 180 valence electrons. The summed E-state index contributed by atoms with van der Waals surface area (Å²) < 4.78 is 43.7. The van der Waals surface area contributed by atoms with Crippen molar-refractivity contribution in [2.45, 2.75) is 70.3 Å². The van der Waals surface area contributed by atoms with Crippen LogP contribution in [0.25, 0.3) is 0 Å². The Bertz CT molecular complexity index is 1060. The molecule has 2 heterocycles. The van der Waals surface area contributed by atoms with Gasteiger partial charge in [-0.3, -0.25) is 4.79 Å². The van der Waals surface area contributed by atoms with Crippen LogP contribution >= 0.6 is 0 Å². The Hall–Kier alpha value is -2.67. The van der Waals surface area contributed by atoms with Gasteiger partial charge in [0.15, 0.2) is 17.4 Å². The molecule has 0 unspecified atom stereocenters. The molecule has 0 N–H and O–H groups in total. The predicted octanol–water partition coefficient (Wildman–Crippen LogP) is 4.14. The molecule has 0 amide bonds. The van der Waals surface area contributed by atoms with Crippen LogP contribution in [0.15, 0.2) is 48.5 Å². The highest BCUT2D eigenvalue weighted by Gasteiger charge is 2.54. The Kier molecular flexibility index (Phi) is 6.85. The smallest absolute Gasteiger partial charge is 0.194 e. The summed E-state index contributed by atoms with van der Waals surface area (Å²) in [5.74, 6) is -2.57. The van der Waals surface area contributed by atoms with E-state index in [1.807, 2.05) is 13.8 Å². The minimum atomic E-state index is -1.06. The lowest BCUT2D eigenvalue weighted by atomic mass is 9.96. The van der Waals surface area contributed by atoms with Gasteiger partial charge in [-0.05, 0) is 69.7 Å². The van der Waals surface area contributed by atoms with E-state index in [1.165, 1.54) is 24.3 Å². The number of halogens is 1. The zero-order chi connectivity index (χ0) is 24.5. The van der Waals surface area contributed by atoms with Crippen LogP contribution in [-0.4, -0.2) is 48.4 Å². The Balaban J connectivity index is 1.62. The monoisotopic (exact) mass is 469 g/mol. The van der Waals surface area contributed by atoms with E-state index in [4.69, 9.17) is 28.9 Å². The molecule has 4 rings (SSSR count). The van der Waals surface area contributed by atoms with Gasteiger partial charge in [0.1, 0.15) is 30.2 Å². The van der Waals surface area contributed by atoms with E-state index in [1.54, 1.807) is 38.1 Å². The predicted molar refractivity (Wildman–Crippen MR) is 119 cm³/mol. The molecule has 0 radical (unpaired) electrons. The second-order valence-corrected chi connectivity index (χ2v) is 9.34. The van der Waals surface area contributed by atoms with Crippen LogP contribution in [0.5, 0.6) is 0 Å². The highest BCUT2D eigenvalue weighted by molar-refractivity contribution is 6.00. The summed E-state index contributed by atoms with van der Waals surface area (Å²) in [6.07, 6.45) is -2.95. The summed E-state index contributed by atoms with van der Waals surface area (Å²) in [6, 6.07) is 14.3. The van der Waals surface area contributed by atoms with E-state index >= 15 is 0 Å². The van der Waals surface area contributed by atoms with Crippen LogP contribution in [0.3, 0.4) is 0 Å². The van der Waals surface area contributed by atoms with Gasteiger partial charge in [0.05, 0.1) is 24.8 Å². The molecule has 2 fully saturated rings. The number of rotatable bonds is 7. The summed E-state index contributed by atoms with van der Waals surface area (Å²) in [6.45, 7) is 7.53. The normalized spacial score (nSPS) is 26.2. The molecule has 8 heteroatoms. The number of carbonyl (C=O) groups is 1. The van der Waals surface area contributed by atoms with Crippen molar-refractivity contribution < 1.29 is 32.9 Å². The summed E-state index contributed by atoms with van der Waals surface area (Å²) >= 11 is 0. The van der Waals surface area contributed by atoms with Gasteiger partial charge in [-0.25, -0.2) is 4.39 Å². The number of hydrogen-bond donors (Lipinski definition) is 0. The maximum absolute atomic E-state index is 13.6. The number of nitriles is 1. The van der Waals surface area contributed by atoms with Crippen molar-refractivity contribution in [2.24, 2.45) is 0 Å². The second kappa shape index (κ2) is 9.53. The van der Waals surface area contributed by atoms with Gasteiger partial charge in [0, 0.05) is 5.56 Å². The van der Waals surface area contributed by atoms with Crippen molar-refractivity contribution in [3.63, 3.8) is 0 Å². The van der Waals surface area contributed by atoms with Crippen molar-refractivity contribution in [1.82, 2.24) is 0 Å². The first-order valence-corrected chi connectivity index (χ1v) is 11.1. The minimum absolute atomic E-state index is 0.101. The van der Waals surface area contributed by atoms with Gasteiger partial charge >= 0.3 is 0 Å². The third kappa shape index (κ3) is 5.52. The van der Waals surface area contributed by atoms with E-state index in [9.17, 15) is 9.18 Å². The molecular formula is C26H28FNO6. The molecule has 0 aromatic heterocycles. The lowest BCUT2D eigenvalue weighted by molar-refractivity contribution is -0.175. The summed E-state index contributed by atoms with van der Waals surface area (Å²) in [7, 11) is 0. The molecule has 0 aliphatic carbocycles. The van der Waals surface area contributed by atoms with E-state index in [0.717, 1.165) is 5.56 Å². The standard InChI is InChI=1S/C26H28FNO6/c1-25(2)31-15-20(32-25)22-24(34-26(3,4)33-22)23(21(29)18-9-11-19(27)12-10-18)30-14-17-7-5-16(13-28)6-8-17/h5-12,20,22-24H,14-15H2,1-4H3/t20-,22-,23+,24+/m1/s1. The van der Waals surface area contributed by atoms with E-state index in [0.29, 0.717) is 11.1 Å². The van der Waals surface area contributed by atoms with Gasteiger partial charge in [-0.2, -0.15) is 5.26 Å². The zero-order valence-corrected chi connectivity index (χ0v) is 19.6. The molecule has 0 bridgehead atoms. The average Bonchev–Trinajstić information content (AvgIpc) is 3.32. The van der Waals surface area contributed by atoms with Gasteiger partial charge < -0.3 is 23.7 Å². The minimum Gasteiger partial charge on any atom is -0.363 e. The first-order chi connectivity index (χ1) is 16.1. The summed E-state index contributed by atoms with van der Waals surface area (Å²) in [5.41, 5.74) is 1.60. The fraction of sp³-hybridized carbons (Fsp3) is 0.462. The number of nitrogens with zero attached hydrogens (tertiary/aromatic N) is 1. The molecule has 34 heavy (non-hydrogen) atoms. The number of carbonyl (C=O) groups excluding carboxylic acids is 1. The van der Waals surface area contributed by atoms with E-state index in [-0.39, 0.29) is 19.0 Å². The average molecular weight is 470 g/mol. The summed E-state index contributed by atoms with van der Waals surface area (Å²) in [5, 5.41) is 9.02. The zero-order valence-electron chi connectivity index (χ0n) is 19.6. The van der Waals surface area contributed by atoms with Gasteiger partial charge in [-0.1, -0.05) is 12.1 Å². The molecule has 2 aromatic rings. The first kappa shape index (κ1) is 24.5. The van der Waals surface area contributed by atoms with Crippen LogP contribution in [0.4, 0.5) is 4.39 Å². The highest BCUT2D eigenvalue weighted by Crippen LogP contribution is 2.38. The fourth-order valence-electron chi connectivity index (χ4n) is 4.18. The van der Waals surface area contributed by atoms with Crippen molar-refractivity contribution in [2.75, 3.05) is 6.61 Å². The van der Waals surface area contributed by atoms with Crippen molar-refractivity contribution in [3.05, 3.63) is 71.0 Å². The van der Waals surface area contributed by atoms with Crippen molar-refractivity contribution >= 4 is 5.78 Å². The summed E-state index contributed by atoms with van der Waals surface area (Å²) in [4.78, 5) is 13.6. The Morgan fingerprint density at radius 1 is 1.06 bits per heavy atom. The lowest BCUT2D eigenvalue weighted by Gasteiger charge is -2.28. The van der Waals surface area contributed by atoms with Gasteiger partial charge in [-0.15, -0.1) is 0 Å². The Morgan fingerprint density at radius 2 is 1.74 bits per heavy atom. The SMILES string of the molecule is CC1(C)O[C@H]([C@H]2COC(C)(C)O2)[C@@H]([C@@H](OCc2ccc(C#N)cc2)C(=O)c2ccc(F)cc2)O1. The number of ether oxygens (including phenoxy) is 5. The van der Waals surface area contributed by atoms with Crippen molar-refractivity contribution in [3.8, 4) is 6.07 Å². The molecule has 0 saturated carbocycles. The molecule has 2 aliphatic heterocycles.